The summed E-state index contributed by atoms with van der Waals surface area (Å²) in [7, 11) is 0. The first-order valence-electron chi connectivity index (χ1n) is 4.73. The van der Waals surface area contributed by atoms with Crippen LogP contribution in [0, 0.1) is 5.82 Å². The third-order valence-electron chi connectivity index (χ3n) is 1.99. The van der Waals surface area contributed by atoms with Crippen LogP contribution in [-0.2, 0) is 6.61 Å². The minimum absolute atomic E-state index is 0.298. The van der Waals surface area contributed by atoms with E-state index in [0.29, 0.717) is 12.4 Å². The Hall–Kier alpha value is -1.42. The number of rotatable bonds is 3. The lowest BCUT2D eigenvalue weighted by atomic mass is 10.3. The maximum absolute atomic E-state index is 12.9. The van der Waals surface area contributed by atoms with Crippen molar-refractivity contribution in [3.05, 3.63) is 58.6 Å². The fourth-order valence-electron chi connectivity index (χ4n) is 1.26. The highest BCUT2D eigenvalue weighted by atomic mass is 79.9. The fraction of sp³-hybridized carbons (Fsp3) is 0.0833. The molecular formula is C12H9BrFNO. The van der Waals surface area contributed by atoms with E-state index in [1.165, 1.54) is 12.1 Å². The zero-order valence-electron chi connectivity index (χ0n) is 8.36. The molecule has 0 aliphatic heterocycles. The monoisotopic (exact) mass is 281 g/mol. The van der Waals surface area contributed by atoms with Crippen molar-refractivity contribution in [1.29, 1.82) is 0 Å². The van der Waals surface area contributed by atoms with Gasteiger partial charge in [-0.1, -0.05) is 6.07 Å². The fourth-order valence-corrected chi connectivity index (χ4v) is 1.67. The first-order valence-corrected chi connectivity index (χ1v) is 5.52. The SMILES string of the molecule is Fc1cccc(OCc2ccnc(Br)c2)c1. The van der Waals surface area contributed by atoms with Crippen LogP contribution in [-0.4, -0.2) is 4.98 Å². The number of aromatic nitrogens is 1. The van der Waals surface area contributed by atoms with Gasteiger partial charge in [0.15, 0.2) is 0 Å². The van der Waals surface area contributed by atoms with Gasteiger partial charge in [-0.2, -0.15) is 0 Å². The Morgan fingerprint density at radius 2 is 2.12 bits per heavy atom. The van der Waals surface area contributed by atoms with Crippen molar-refractivity contribution in [2.45, 2.75) is 6.61 Å². The summed E-state index contributed by atoms with van der Waals surface area (Å²) < 4.78 is 19.1. The van der Waals surface area contributed by atoms with Crippen LogP contribution < -0.4 is 4.74 Å². The van der Waals surface area contributed by atoms with E-state index in [-0.39, 0.29) is 5.82 Å². The summed E-state index contributed by atoms with van der Waals surface area (Å²) in [6.07, 6.45) is 1.69. The summed E-state index contributed by atoms with van der Waals surface area (Å²) in [6.45, 7) is 0.393. The third-order valence-corrected chi connectivity index (χ3v) is 2.43. The molecule has 2 nitrogen and oxygen atoms in total. The van der Waals surface area contributed by atoms with Gasteiger partial charge in [0.25, 0.3) is 0 Å². The molecule has 2 aromatic rings. The van der Waals surface area contributed by atoms with Gasteiger partial charge in [0.1, 0.15) is 22.8 Å². The van der Waals surface area contributed by atoms with Crippen molar-refractivity contribution in [3.63, 3.8) is 0 Å². The van der Waals surface area contributed by atoms with Crippen LogP contribution in [0.25, 0.3) is 0 Å². The predicted molar refractivity (Wildman–Crippen MR) is 62.7 cm³/mol. The Morgan fingerprint density at radius 1 is 1.25 bits per heavy atom. The number of hydrogen-bond acceptors (Lipinski definition) is 2. The van der Waals surface area contributed by atoms with E-state index >= 15 is 0 Å². The molecular weight excluding hydrogens is 273 g/mol. The topological polar surface area (TPSA) is 22.1 Å². The maximum Gasteiger partial charge on any atom is 0.126 e. The lowest BCUT2D eigenvalue weighted by Gasteiger charge is -2.06. The second kappa shape index (κ2) is 5.07. The van der Waals surface area contributed by atoms with Gasteiger partial charge in [0, 0.05) is 12.3 Å². The highest BCUT2D eigenvalue weighted by Gasteiger charge is 1.98. The molecule has 0 saturated carbocycles. The number of nitrogens with zero attached hydrogens (tertiary/aromatic N) is 1. The summed E-state index contributed by atoms with van der Waals surface area (Å²) in [5.74, 6) is 0.223. The summed E-state index contributed by atoms with van der Waals surface area (Å²) in [4.78, 5) is 4.01. The van der Waals surface area contributed by atoms with Gasteiger partial charge < -0.3 is 4.74 Å². The molecule has 1 aromatic carbocycles. The van der Waals surface area contributed by atoms with Crippen LogP contribution in [0.1, 0.15) is 5.56 Å². The van der Waals surface area contributed by atoms with Gasteiger partial charge in [0.05, 0.1) is 0 Å². The van der Waals surface area contributed by atoms with E-state index in [2.05, 4.69) is 20.9 Å². The molecule has 0 unspecified atom stereocenters. The molecule has 16 heavy (non-hydrogen) atoms. The average molecular weight is 282 g/mol. The van der Waals surface area contributed by atoms with E-state index in [4.69, 9.17) is 4.74 Å². The normalized spacial score (nSPS) is 10.1. The second-order valence-corrected chi connectivity index (χ2v) is 4.05. The molecule has 1 aromatic heterocycles. The molecule has 2 rings (SSSR count). The summed E-state index contributed by atoms with van der Waals surface area (Å²) >= 11 is 3.27. The van der Waals surface area contributed by atoms with Crippen molar-refractivity contribution in [2.75, 3.05) is 0 Å². The first kappa shape index (κ1) is 11.1. The summed E-state index contributed by atoms with van der Waals surface area (Å²) in [5.41, 5.74) is 0.978. The molecule has 0 saturated heterocycles. The Kier molecular flexibility index (Phi) is 3.51. The van der Waals surface area contributed by atoms with Crippen LogP contribution in [0.5, 0.6) is 5.75 Å². The maximum atomic E-state index is 12.9. The van der Waals surface area contributed by atoms with E-state index in [1.807, 2.05) is 12.1 Å². The largest absolute Gasteiger partial charge is 0.489 e. The zero-order valence-corrected chi connectivity index (χ0v) is 9.95. The van der Waals surface area contributed by atoms with E-state index in [9.17, 15) is 4.39 Å². The van der Waals surface area contributed by atoms with Gasteiger partial charge in [-0.3, -0.25) is 0 Å². The van der Waals surface area contributed by atoms with Crippen LogP contribution in [0.4, 0.5) is 4.39 Å². The van der Waals surface area contributed by atoms with E-state index in [1.54, 1.807) is 18.3 Å². The van der Waals surface area contributed by atoms with Gasteiger partial charge in [-0.05, 0) is 45.8 Å². The van der Waals surface area contributed by atoms with Gasteiger partial charge >= 0.3 is 0 Å². The van der Waals surface area contributed by atoms with Gasteiger partial charge in [0.2, 0.25) is 0 Å². The number of benzene rings is 1. The quantitative estimate of drug-likeness (QED) is 0.803. The molecule has 0 atom stereocenters. The summed E-state index contributed by atoms with van der Waals surface area (Å²) in [5, 5.41) is 0. The van der Waals surface area contributed by atoms with Crippen molar-refractivity contribution < 1.29 is 9.13 Å². The van der Waals surface area contributed by atoms with Crippen molar-refractivity contribution in [3.8, 4) is 5.75 Å². The lowest BCUT2D eigenvalue weighted by molar-refractivity contribution is 0.304. The second-order valence-electron chi connectivity index (χ2n) is 3.23. The smallest absolute Gasteiger partial charge is 0.126 e. The standard InChI is InChI=1S/C12H9BrFNO/c13-12-6-9(4-5-15-12)8-16-11-3-1-2-10(14)7-11/h1-7H,8H2. The predicted octanol–water partition coefficient (Wildman–Crippen LogP) is 3.56. The Balaban J connectivity index is 2.02. The van der Waals surface area contributed by atoms with Gasteiger partial charge in [-0.15, -0.1) is 0 Å². The highest BCUT2D eigenvalue weighted by molar-refractivity contribution is 9.10. The number of ether oxygens (including phenoxy) is 1. The molecule has 0 radical (unpaired) electrons. The molecule has 0 fully saturated rings. The molecule has 0 bridgehead atoms. The molecule has 0 amide bonds. The van der Waals surface area contributed by atoms with Gasteiger partial charge in [-0.25, -0.2) is 9.37 Å². The highest BCUT2D eigenvalue weighted by Crippen LogP contribution is 2.15. The minimum Gasteiger partial charge on any atom is -0.489 e. The van der Waals surface area contributed by atoms with Crippen LogP contribution in [0.3, 0.4) is 0 Å². The average Bonchev–Trinajstić information content (AvgIpc) is 2.27. The molecule has 82 valence electrons. The first-order chi connectivity index (χ1) is 7.74. The Bertz CT molecular complexity index is 444. The minimum atomic E-state index is -0.298. The third kappa shape index (κ3) is 3.03. The Labute approximate surface area is 101 Å². The molecule has 0 aliphatic rings. The Morgan fingerprint density at radius 3 is 2.88 bits per heavy atom. The number of hydrogen-bond donors (Lipinski definition) is 0. The molecule has 0 aliphatic carbocycles. The molecule has 0 N–H and O–H groups in total. The van der Waals surface area contributed by atoms with Crippen molar-refractivity contribution in [2.24, 2.45) is 0 Å². The van der Waals surface area contributed by atoms with E-state index in [0.717, 1.165) is 10.2 Å². The van der Waals surface area contributed by atoms with Crippen LogP contribution in [0.15, 0.2) is 47.2 Å². The molecule has 1 heterocycles. The number of pyridine rings is 1. The van der Waals surface area contributed by atoms with E-state index < -0.39 is 0 Å². The molecule has 4 heteroatoms. The van der Waals surface area contributed by atoms with Crippen molar-refractivity contribution in [1.82, 2.24) is 4.98 Å². The molecule has 0 spiro atoms. The summed E-state index contributed by atoms with van der Waals surface area (Å²) in [6, 6.07) is 9.79. The van der Waals surface area contributed by atoms with Crippen LogP contribution >= 0.6 is 15.9 Å². The lowest BCUT2D eigenvalue weighted by Crippen LogP contribution is -1.96. The van der Waals surface area contributed by atoms with Crippen molar-refractivity contribution >= 4 is 15.9 Å². The zero-order chi connectivity index (χ0) is 11.4. The van der Waals surface area contributed by atoms with Crippen LogP contribution in [0.2, 0.25) is 0 Å². The number of halogens is 2.